The van der Waals surface area contributed by atoms with Crippen LogP contribution in [0.5, 0.6) is 0 Å². The first-order chi connectivity index (χ1) is 6.86. The first-order valence-corrected chi connectivity index (χ1v) is 5.87. The molecule has 1 heterocycles. The average Bonchev–Trinajstić information content (AvgIpc) is 2.25. The van der Waals surface area contributed by atoms with E-state index in [9.17, 15) is 0 Å². The number of hydrogen-bond acceptors (Lipinski definition) is 3. The Morgan fingerprint density at radius 1 is 1.36 bits per heavy atom. The molecule has 1 aliphatic heterocycles. The molecule has 0 radical (unpaired) electrons. The maximum atomic E-state index is 5.63. The van der Waals surface area contributed by atoms with Crippen molar-refractivity contribution >= 4 is 0 Å². The van der Waals surface area contributed by atoms with Gasteiger partial charge < -0.3 is 10.5 Å². The lowest BCUT2D eigenvalue weighted by atomic mass is 9.98. The SMILES string of the molecule is CCCCOCC1CCN(CN)CC1. The van der Waals surface area contributed by atoms with Crippen LogP contribution in [-0.2, 0) is 4.74 Å². The van der Waals surface area contributed by atoms with E-state index in [4.69, 9.17) is 10.5 Å². The predicted octanol–water partition coefficient (Wildman–Crippen LogP) is 1.43. The molecule has 0 aromatic rings. The van der Waals surface area contributed by atoms with Gasteiger partial charge >= 0.3 is 0 Å². The summed E-state index contributed by atoms with van der Waals surface area (Å²) in [7, 11) is 0. The van der Waals surface area contributed by atoms with E-state index in [2.05, 4.69) is 11.8 Å². The monoisotopic (exact) mass is 200 g/mol. The zero-order chi connectivity index (χ0) is 10.2. The van der Waals surface area contributed by atoms with Crippen molar-refractivity contribution in [1.82, 2.24) is 4.90 Å². The van der Waals surface area contributed by atoms with Gasteiger partial charge in [-0.15, -0.1) is 0 Å². The molecule has 0 unspecified atom stereocenters. The molecule has 0 bridgehead atoms. The van der Waals surface area contributed by atoms with Crippen LogP contribution in [0.25, 0.3) is 0 Å². The summed E-state index contributed by atoms with van der Waals surface area (Å²) in [6.45, 7) is 7.11. The second-order valence-corrected chi connectivity index (χ2v) is 4.17. The summed E-state index contributed by atoms with van der Waals surface area (Å²) < 4.78 is 5.63. The van der Waals surface area contributed by atoms with Crippen LogP contribution in [0.1, 0.15) is 32.6 Å². The molecule has 0 spiro atoms. The largest absolute Gasteiger partial charge is 0.381 e. The Kier molecular flexibility index (Phi) is 6.15. The molecule has 3 heteroatoms. The van der Waals surface area contributed by atoms with Gasteiger partial charge in [-0.1, -0.05) is 13.3 Å². The molecule has 84 valence electrons. The van der Waals surface area contributed by atoms with Crippen molar-refractivity contribution in [3.05, 3.63) is 0 Å². The number of hydrogen-bond donors (Lipinski definition) is 1. The smallest absolute Gasteiger partial charge is 0.0495 e. The summed E-state index contributed by atoms with van der Waals surface area (Å²) in [5.41, 5.74) is 5.58. The molecule has 1 aliphatic rings. The Morgan fingerprint density at radius 3 is 2.64 bits per heavy atom. The van der Waals surface area contributed by atoms with E-state index < -0.39 is 0 Å². The van der Waals surface area contributed by atoms with Gasteiger partial charge in [-0.2, -0.15) is 0 Å². The molecule has 2 N–H and O–H groups in total. The van der Waals surface area contributed by atoms with E-state index in [1.807, 2.05) is 0 Å². The summed E-state index contributed by atoms with van der Waals surface area (Å²) in [5.74, 6) is 0.773. The van der Waals surface area contributed by atoms with Crippen molar-refractivity contribution in [3.8, 4) is 0 Å². The molecule has 1 fully saturated rings. The van der Waals surface area contributed by atoms with Crippen LogP contribution in [0.2, 0.25) is 0 Å². The van der Waals surface area contributed by atoms with E-state index in [1.165, 1.54) is 25.7 Å². The molecule has 0 amide bonds. The quantitative estimate of drug-likeness (QED) is 0.659. The minimum Gasteiger partial charge on any atom is -0.381 e. The van der Waals surface area contributed by atoms with Gasteiger partial charge in [0.25, 0.3) is 0 Å². The van der Waals surface area contributed by atoms with Gasteiger partial charge in [0.1, 0.15) is 0 Å². The summed E-state index contributed by atoms with van der Waals surface area (Å²) in [4.78, 5) is 2.31. The van der Waals surface area contributed by atoms with E-state index in [1.54, 1.807) is 0 Å². The zero-order valence-electron chi connectivity index (χ0n) is 9.37. The van der Waals surface area contributed by atoms with Gasteiger partial charge in [-0.25, -0.2) is 0 Å². The second-order valence-electron chi connectivity index (χ2n) is 4.17. The molecule has 0 atom stereocenters. The van der Waals surface area contributed by atoms with Crippen LogP contribution < -0.4 is 5.73 Å². The molecular weight excluding hydrogens is 176 g/mol. The average molecular weight is 200 g/mol. The lowest BCUT2D eigenvalue weighted by molar-refractivity contribution is 0.0661. The predicted molar refractivity (Wildman–Crippen MR) is 59.1 cm³/mol. The standard InChI is InChI=1S/C11H24N2O/c1-2-3-8-14-9-11-4-6-13(10-12)7-5-11/h11H,2-10,12H2,1H3. The molecule has 0 saturated carbocycles. The van der Waals surface area contributed by atoms with Crippen LogP contribution in [0, 0.1) is 5.92 Å². The lowest BCUT2D eigenvalue weighted by Gasteiger charge is -2.30. The number of piperidine rings is 1. The molecule has 0 aromatic carbocycles. The van der Waals surface area contributed by atoms with Crippen molar-refractivity contribution in [3.63, 3.8) is 0 Å². The molecule has 0 aromatic heterocycles. The first-order valence-electron chi connectivity index (χ1n) is 5.87. The summed E-state index contributed by atoms with van der Waals surface area (Å²) in [5, 5.41) is 0. The molecule has 3 nitrogen and oxygen atoms in total. The van der Waals surface area contributed by atoms with Crippen LogP contribution in [-0.4, -0.2) is 37.9 Å². The van der Waals surface area contributed by atoms with Crippen LogP contribution in [0.3, 0.4) is 0 Å². The molecule has 14 heavy (non-hydrogen) atoms. The van der Waals surface area contributed by atoms with Crippen molar-refractivity contribution in [1.29, 1.82) is 0 Å². The molecule has 1 rings (SSSR count). The lowest BCUT2D eigenvalue weighted by Crippen LogP contribution is -2.38. The third kappa shape index (κ3) is 4.40. The molecular formula is C11H24N2O. The highest BCUT2D eigenvalue weighted by molar-refractivity contribution is 4.70. The van der Waals surface area contributed by atoms with E-state index in [0.717, 1.165) is 32.2 Å². The van der Waals surface area contributed by atoms with Crippen molar-refractivity contribution in [2.24, 2.45) is 11.7 Å². The van der Waals surface area contributed by atoms with Crippen LogP contribution in [0.4, 0.5) is 0 Å². The van der Waals surface area contributed by atoms with Crippen LogP contribution in [0.15, 0.2) is 0 Å². The van der Waals surface area contributed by atoms with Gasteiger partial charge in [0.15, 0.2) is 0 Å². The third-order valence-electron chi connectivity index (χ3n) is 2.96. The number of likely N-dealkylation sites (tertiary alicyclic amines) is 1. The fraction of sp³-hybridized carbons (Fsp3) is 1.00. The number of unbranched alkanes of at least 4 members (excludes halogenated alkanes) is 1. The van der Waals surface area contributed by atoms with Gasteiger partial charge in [-0.05, 0) is 38.3 Å². The van der Waals surface area contributed by atoms with Crippen molar-refractivity contribution in [2.45, 2.75) is 32.6 Å². The zero-order valence-corrected chi connectivity index (χ0v) is 9.37. The number of nitrogens with two attached hydrogens (primary N) is 1. The highest BCUT2D eigenvalue weighted by Crippen LogP contribution is 2.16. The third-order valence-corrected chi connectivity index (χ3v) is 2.96. The highest BCUT2D eigenvalue weighted by Gasteiger charge is 2.17. The summed E-state index contributed by atoms with van der Waals surface area (Å²) in [6.07, 6.45) is 4.93. The van der Waals surface area contributed by atoms with Gasteiger partial charge in [0.05, 0.1) is 0 Å². The fourth-order valence-electron chi connectivity index (χ4n) is 1.83. The molecule has 0 aliphatic carbocycles. The minimum absolute atomic E-state index is 0.712. The minimum atomic E-state index is 0.712. The van der Waals surface area contributed by atoms with Crippen molar-refractivity contribution < 1.29 is 4.74 Å². The maximum absolute atomic E-state index is 5.63. The van der Waals surface area contributed by atoms with Gasteiger partial charge in [0, 0.05) is 19.9 Å². The Hall–Kier alpha value is -0.120. The van der Waals surface area contributed by atoms with Crippen molar-refractivity contribution in [2.75, 3.05) is 33.0 Å². The highest BCUT2D eigenvalue weighted by atomic mass is 16.5. The van der Waals surface area contributed by atoms with E-state index in [-0.39, 0.29) is 0 Å². The number of nitrogens with zero attached hydrogens (tertiary/aromatic N) is 1. The molecule has 1 saturated heterocycles. The fourth-order valence-corrected chi connectivity index (χ4v) is 1.83. The Morgan fingerprint density at radius 2 is 2.07 bits per heavy atom. The summed E-state index contributed by atoms with van der Waals surface area (Å²) >= 11 is 0. The maximum Gasteiger partial charge on any atom is 0.0495 e. The normalized spacial score (nSPS) is 20.1. The van der Waals surface area contributed by atoms with E-state index >= 15 is 0 Å². The summed E-state index contributed by atoms with van der Waals surface area (Å²) in [6, 6.07) is 0. The second kappa shape index (κ2) is 7.21. The van der Waals surface area contributed by atoms with E-state index in [0.29, 0.717) is 6.67 Å². The first kappa shape index (κ1) is 12.0. The number of rotatable bonds is 6. The number of ether oxygens (including phenoxy) is 1. The Labute approximate surface area is 87.6 Å². The van der Waals surface area contributed by atoms with Gasteiger partial charge in [-0.3, -0.25) is 4.90 Å². The Bertz CT molecular complexity index is 133. The van der Waals surface area contributed by atoms with Crippen LogP contribution >= 0.6 is 0 Å². The Balaban J connectivity index is 1.98. The van der Waals surface area contributed by atoms with Gasteiger partial charge in [0.2, 0.25) is 0 Å². The topological polar surface area (TPSA) is 38.5 Å².